The summed E-state index contributed by atoms with van der Waals surface area (Å²) in [6.45, 7) is 1.79. The van der Waals surface area contributed by atoms with E-state index in [1.54, 1.807) is 29.2 Å². The number of para-hydroxylation sites is 1. The maximum atomic E-state index is 13.7. The number of hydrogen-bond acceptors (Lipinski definition) is 7. The second-order valence-electron chi connectivity index (χ2n) is 6.57. The van der Waals surface area contributed by atoms with Crippen molar-refractivity contribution in [3.05, 3.63) is 69.1 Å². The van der Waals surface area contributed by atoms with Gasteiger partial charge in [0.1, 0.15) is 24.0 Å². The lowest BCUT2D eigenvalue weighted by Gasteiger charge is -2.32. The molecule has 0 unspecified atom stereocenters. The summed E-state index contributed by atoms with van der Waals surface area (Å²) in [5.74, 6) is -1.19. The lowest BCUT2D eigenvalue weighted by molar-refractivity contribution is -0.121. The van der Waals surface area contributed by atoms with E-state index in [2.05, 4.69) is 0 Å². The molecule has 0 fully saturated rings. The summed E-state index contributed by atoms with van der Waals surface area (Å²) in [4.78, 5) is 27.8. The topological polar surface area (TPSA) is 130 Å². The molecule has 4 rings (SSSR count). The third kappa shape index (κ3) is 2.08. The Morgan fingerprint density at radius 3 is 2.75 bits per heavy atom. The summed E-state index contributed by atoms with van der Waals surface area (Å²) < 4.78 is 11.1. The summed E-state index contributed by atoms with van der Waals surface area (Å²) >= 11 is 0. The van der Waals surface area contributed by atoms with Crippen molar-refractivity contribution in [2.24, 2.45) is 5.73 Å². The molecule has 0 aliphatic carbocycles. The number of nitrogens with zero attached hydrogens (tertiary/aromatic N) is 2. The van der Waals surface area contributed by atoms with E-state index in [4.69, 9.17) is 14.9 Å². The molecule has 28 heavy (non-hydrogen) atoms. The van der Waals surface area contributed by atoms with E-state index in [-0.39, 0.29) is 28.7 Å². The summed E-state index contributed by atoms with van der Waals surface area (Å²) in [6, 6.07) is 10.0. The van der Waals surface area contributed by atoms with Crippen molar-refractivity contribution in [2.75, 3.05) is 11.4 Å². The van der Waals surface area contributed by atoms with Crippen LogP contribution in [-0.4, -0.2) is 17.6 Å². The van der Waals surface area contributed by atoms with Crippen LogP contribution >= 0.6 is 0 Å². The zero-order valence-corrected chi connectivity index (χ0v) is 15.1. The van der Waals surface area contributed by atoms with E-state index < -0.39 is 23.4 Å². The number of carbonyl (C=O) groups excluding carboxylic acids is 1. The third-order valence-electron chi connectivity index (χ3n) is 5.01. The van der Waals surface area contributed by atoms with E-state index in [1.165, 1.54) is 0 Å². The van der Waals surface area contributed by atoms with Gasteiger partial charge in [0.2, 0.25) is 17.1 Å². The van der Waals surface area contributed by atoms with E-state index >= 15 is 0 Å². The van der Waals surface area contributed by atoms with Crippen molar-refractivity contribution >= 4 is 11.6 Å². The smallest absolute Gasteiger partial charge is 0.251 e. The van der Waals surface area contributed by atoms with Crippen LogP contribution in [0, 0.1) is 11.3 Å². The van der Waals surface area contributed by atoms with E-state index in [0.29, 0.717) is 24.2 Å². The highest BCUT2D eigenvalue weighted by Crippen LogP contribution is 2.54. The third-order valence-corrected chi connectivity index (χ3v) is 5.01. The molecule has 0 radical (unpaired) electrons. The molecule has 0 saturated carbocycles. The molecule has 1 aromatic carbocycles. The number of anilines is 1. The second-order valence-corrected chi connectivity index (χ2v) is 6.57. The molecule has 1 atom stereocenters. The maximum Gasteiger partial charge on any atom is 0.251 e. The van der Waals surface area contributed by atoms with Crippen molar-refractivity contribution in [1.82, 2.24) is 0 Å². The molecule has 8 nitrogen and oxygen atoms in total. The van der Waals surface area contributed by atoms with Crippen LogP contribution in [-0.2, 0) is 16.8 Å². The average Bonchev–Trinajstić information content (AvgIpc) is 2.93. The van der Waals surface area contributed by atoms with Gasteiger partial charge >= 0.3 is 0 Å². The molecule has 0 saturated heterocycles. The summed E-state index contributed by atoms with van der Waals surface area (Å²) in [5, 5.41) is 19.4. The maximum absolute atomic E-state index is 13.7. The number of benzene rings is 1. The minimum absolute atomic E-state index is 0.0382. The molecule has 142 valence electrons. The predicted octanol–water partition coefficient (Wildman–Crippen LogP) is 1.26. The number of carbonyl (C=O) groups is 1. The lowest BCUT2D eigenvalue weighted by Crippen LogP contribution is -2.47. The minimum atomic E-state index is -1.73. The van der Waals surface area contributed by atoms with Crippen LogP contribution in [0.5, 0.6) is 5.75 Å². The van der Waals surface area contributed by atoms with Crippen molar-refractivity contribution < 1.29 is 19.1 Å². The van der Waals surface area contributed by atoms with Crippen LogP contribution in [0.1, 0.15) is 30.4 Å². The number of hydrogen-bond donors (Lipinski definition) is 2. The fourth-order valence-electron chi connectivity index (χ4n) is 3.91. The first kappa shape index (κ1) is 17.8. The predicted molar refractivity (Wildman–Crippen MR) is 98.2 cm³/mol. The van der Waals surface area contributed by atoms with E-state index in [9.17, 15) is 20.0 Å². The Labute approximate surface area is 160 Å². The molecule has 2 aromatic rings. The first-order chi connectivity index (χ1) is 13.5. The lowest BCUT2D eigenvalue weighted by atomic mass is 9.72. The number of ether oxygens (including phenoxy) is 1. The highest BCUT2D eigenvalue weighted by molar-refractivity contribution is 6.13. The first-order valence-corrected chi connectivity index (χ1v) is 8.78. The van der Waals surface area contributed by atoms with Crippen LogP contribution in [0.15, 0.2) is 51.0 Å². The van der Waals surface area contributed by atoms with Crippen LogP contribution in [0.3, 0.4) is 0 Å². The van der Waals surface area contributed by atoms with Crippen molar-refractivity contribution in [3.8, 4) is 11.8 Å². The molecule has 3 N–H and O–H groups in total. The molecule has 3 heterocycles. The molecule has 1 spiro atoms. The standard InChI is InChI=1S/C20H17N3O5/c1-2-7-23-14-6-4-3-5-12(14)20(19(23)26)13(9-21)18(22)28-16-15(25)8-11(10-24)27-17(16)20/h3-6,8,24H,2,7,10,22H2,1H3/t20-/m1/s1. The van der Waals surface area contributed by atoms with Gasteiger partial charge in [-0.15, -0.1) is 0 Å². The SMILES string of the molecule is CCCN1C(=O)[C@@]2(C(C#N)=C(N)Oc3c2oc(CO)cc3=O)c2ccccc21. The highest BCUT2D eigenvalue weighted by atomic mass is 16.5. The van der Waals surface area contributed by atoms with Gasteiger partial charge in [0.05, 0.1) is 0 Å². The largest absolute Gasteiger partial charge is 0.457 e. The number of rotatable bonds is 3. The van der Waals surface area contributed by atoms with Crippen molar-refractivity contribution in [1.29, 1.82) is 5.26 Å². The zero-order chi connectivity index (χ0) is 20.1. The fraction of sp³-hybridized carbons (Fsp3) is 0.250. The molecular weight excluding hydrogens is 362 g/mol. The van der Waals surface area contributed by atoms with Gasteiger partial charge in [-0.25, -0.2) is 0 Å². The normalized spacial score (nSPS) is 20.0. The van der Waals surface area contributed by atoms with Gasteiger partial charge in [0.15, 0.2) is 11.2 Å². The first-order valence-electron chi connectivity index (χ1n) is 8.78. The van der Waals surface area contributed by atoms with Gasteiger partial charge in [0.25, 0.3) is 5.91 Å². The van der Waals surface area contributed by atoms with Gasteiger partial charge in [-0.3, -0.25) is 9.59 Å². The zero-order valence-electron chi connectivity index (χ0n) is 15.1. The van der Waals surface area contributed by atoms with Gasteiger partial charge < -0.3 is 24.9 Å². The molecule has 8 heteroatoms. The Morgan fingerprint density at radius 2 is 2.07 bits per heavy atom. The number of fused-ring (bicyclic) bond motifs is 4. The van der Waals surface area contributed by atoms with Crippen LogP contribution in [0.4, 0.5) is 5.69 Å². The Morgan fingerprint density at radius 1 is 1.32 bits per heavy atom. The molecule has 2 aliphatic heterocycles. The van der Waals surface area contributed by atoms with Crippen LogP contribution < -0.4 is 20.8 Å². The fourth-order valence-corrected chi connectivity index (χ4v) is 3.91. The Kier molecular flexibility index (Phi) is 3.98. The number of amides is 1. The van der Waals surface area contributed by atoms with Gasteiger partial charge in [0, 0.05) is 23.9 Å². The quantitative estimate of drug-likeness (QED) is 0.821. The highest BCUT2D eigenvalue weighted by Gasteiger charge is 2.61. The van der Waals surface area contributed by atoms with Crippen molar-refractivity contribution in [3.63, 3.8) is 0 Å². The van der Waals surface area contributed by atoms with Gasteiger partial charge in [-0.2, -0.15) is 5.26 Å². The van der Waals surface area contributed by atoms with Crippen molar-refractivity contribution in [2.45, 2.75) is 25.4 Å². The van der Waals surface area contributed by atoms with Crippen LogP contribution in [0.25, 0.3) is 0 Å². The Bertz CT molecular complexity index is 1130. The molecular formula is C20H17N3O5. The van der Waals surface area contributed by atoms with Crippen LogP contribution in [0.2, 0.25) is 0 Å². The molecule has 0 bridgehead atoms. The minimum Gasteiger partial charge on any atom is -0.457 e. The second kappa shape index (κ2) is 6.25. The summed E-state index contributed by atoms with van der Waals surface area (Å²) in [6.07, 6.45) is 0.682. The number of nitrogens with two attached hydrogens (primary N) is 1. The monoisotopic (exact) mass is 379 g/mol. The Hall–Kier alpha value is -3.57. The summed E-state index contributed by atoms with van der Waals surface area (Å²) in [7, 11) is 0. The number of aliphatic hydroxyl groups excluding tert-OH is 1. The van der Waals surface area contributed by atoms with E-state index in [1.807, 2.05) is 13.0 Å². The number of aliphatic hydroxyl groups is 1. The molecule has 2 aliphatic rings. The Balaban J connectivity index is 2.17. The van der Waals surface area contributed by atoms with E-state index in [0.717, 1.165) is 6.07 Å². The van der Waals surface area contributed by atoms with Gasteiger partial charge in [-0.05, 0) is 12.5 Å². The average molecular weight is 379 g/mol. The molecule has 1 aromatic heterocycles. The summed E-state index contributed by atoms with van der Waals surface area (Å²) in [5.41, 5.74) is 4.59. The molecule has 1 amide bonds. The van der Waals surface area contributed by atoms with Gasteiger partial charge in [-0.1, -0.05) is 25.1 Å². The number of nitriles is 1.